The van der Waals surface area contributed by atoms with Crippen LogP contribution in [0.25, 0.3) is 0 Å². The number of carbonyl (C=O) groups excluding carboxylic acids is 3. The molecule has 0 spiro atoms. The zero-order valence-electron chi connectivity index (χ0n) is 21.8. The lowest BCUT2D eigenvalue weighted by molar-refractivity contribution is -0.139. The van der Waals surface area contributed by atoms with Gasteiger partial charge in [0.25, 0.3) is 5.91 Å². The maximum absolute atomic E-state index is 13.5. The molecule has 0 aromatic heterocycles. The fraction of sp³-hybridized carbons (Fsp3) is 0.433. The largest absolute Gasteiger partial charge is 0.378 e. The number of amides is 3. The Balaban J connectivity index is 1.54. The Hall–Kier alpha value is -3.45. The van der Waals surface area contributed by atoms with Gasteiger partial charge in [0, 0.05) is 37.3 Å². The van der Waals surface area contributed by atoms with Crippen molar-refractivity contribution in [2.45, 2.75) is 45.6 Å². The van der Waals surface area contributed by atoms with Crippen LogP contribution < -0.4 is 5.32 Å². The van der Waals surface area contributed by atoms with Crippen LogP contribution in [0.2, 0.25) is 0 Å². The molecule has 1 N–H and O–H groups in total. The van der Waals surface area contributed by atoms with Crippen LogP contribution in [-0.2, 0) is 19.1 Å². The Labute approximate surface area is 219 Å². The molecule has 2 aliphatic rings. The van der Waals surface area contributed by atoms with Gasteiger partial charge >= 0.3 is 0 Å². The molecule has 2 aromatic carbocycles. The summed E-state index contributed by atoms with van der Waals surface area (Å²) in [6.07, 6.45) is 2.08. The van der Waals surface area contributed by atoms with Gasteiger partial charge in [-0.25, -0.2) is 0 Å². The summed E-state index contributed by atoms with van der Waals surface area (Å²) in [5, 5.41) is 3.16. The third-order valence-corrected chi connectivity index (χ3v) is 7.20. The SMILES string of the molecule is CCCCN1C(=O)C(CC(=O)NC(c2ccccc2)c2ccccc2)CC(C(=O)N2CCOCC2)=C1C. The highest BCUT2D eigenvalue weighted by molar-refractivity contribution is 5.98. The van der Waals surface area contributed by atoms with Gasteiger partial charge in [-0.15, -0.1) is 0 Å². The first-order chi connectivity index (χ1) is 18.0. The number of benzene rings is 2. The molecule has 1 saturated heterocycles. The van der Waals surface area contributed by atoms with Crippen molar-refractivity contribution in [1.29, 1.82) is 0 Å². The summed E-state index contributed by atoms with van der Waals surface area (Å²) >= 11 is 0. The number of hydrogen-bond acceptors (Lipinski definition) is 4. The van der Waals surface area contributed by atoms with Gasteiger partial charge in [0.1, 0.15) is 0 Å². The Morgan fingerprint density at radius 3 is 2.16 bits per heavy atom. The Kier molecular flexibility index (Phi) is 9.12. The van der Waals surface area contributed by atoms with Gasteiger partial charge in [0.05, 0.1) is 25.2 Å². The van der Waals surface area contributed by atoms with Gasteiger partial charge < -0.3 is 19.9 Å². The molecule has 1 fully saturated rings. The number of ether oxygens (including phenoxy) is 1. The van der Waals surface area contributed by atoms with E-state index in [2.05, 4.69) is 12.2 Å². The van der Waals surface area contributed by atoms with Gasteiger partial charge in [0.15, 0.2) is 0 Å². The van der Waals surface area contributed by atoms with Crippen molar-refractivity contribution in [2.75, 3.05) is 32.8 Å². The average Bonchev–Trinajstić information content (AvgIpc) is 2.94. The van der Waals surface area contributed by atoms with Crippen LogP contribution in [0.1, 0.15) is 56.7 Å². The minimum Gasteiger partial charge on any atom is -0.378 e. The van der Waals surface area contributed by atoms with E-state index < -0.39 is 5.92 Å². The first kappa shape index (κ1) is 26.6. The fourth-order valence-corrected chi connectivity index (χ4v) is 5.08. The van der Waals surface area contributed by atoms with E-state index in [9.17, 15) is 14.4 Å². The third-order valence-electron chi connectivity index (χ3n) is 7.20. The van der Waals surface area contributed by atoms with Crippen molar-refractivity contribution in [3.05, 3.63) is 83.1 Å². The van der Waals surface area contributed by atoms with Gasteiger partial charge in [-0.05, 0) is 30.9 Å². The summed E-state index contributed by atoms with van der Waals surface area (Å²) in [4.78, 5) is 43.9. The molecule has 1 unspecified atom stereocenters. The second-order valence-corrected chi connectivity index (χ2v) is 9.74. The van der Waals surface area contributed by atoms with Crippen molar-refractivity contribution >= 4 is 17.7 Å². The predicted octanol–water partition coefficient (Wildman–Crippen LogP) is 4.06. The average molecular weight is 504 g/mol. The second-order valence-electron chi connectivity index (χ2n) is 9.74. The van der Waals surface area contributed by atoms with E-state index in [4.69, 9.17) is 4.74 Å². The maximum Gasteiger partial charge on any atom is 0.251 e. The number of hydrogen-bond donors (Lipinski definition) is 1. The van der Waals surface area contributed by atoms with Crippen molar-refractivity contribution in [3.8, 4) is 0 Å². The van der Waals surface area contributed by atoms with Crippen LogP contribution in [0.3, 0.4) is 0 Å². The predicted molar refractivity (Wildman–Crippen MR) is 142 cm³/mol. The van der Waals surface area contributed by atoms with Crippen molar-refractivity contribution in [3.63, 3.8) is 0 Å². The van der Waals surface area contributed by atoms with Gasteiger partial charge in [-0.2, -0.15) is 0 Å². The lowest BCUT2D eigenvalue weighted by Crippen LogP contribution is -2.47. The molecule has 0 bridgehead atoms. The molecule has 1 atom stereocenters. The molecule has 7 nitrogen and oxygen atoms in total. The van der Waals surface area contributed by atoms with Crippen LogP contribution in [0.4, 0.5) is 0 Å². The van der Waals surface area contributed by atoms with Gasteiger partial charge in [-0.1, -0.05) is 74.0 Å². The van der Waals surface area contributed by atoms with Gasteiger partial charge in [0.2, 0.25) is 11.8 Å². The minimum absolute atomic E-state index is 0.0325. The van der Waals surface area contributed by atoms with Gasteiger partial charge in [-0.3, -0.25) is 14.4 Å². The summed E-state index contributed by atoms with van der Waals surface area (Å²) < 4.78 is 5.41. The third kappa shape index (κ3) is 6.46. The van der Waals surface area contributed by atoms with Crippen molar-refractivity contribution in [2.24, 2.45) is 5.92 Å². The molecular weight excluding hydrogens is 466 g/mol. The monoisotopic (exact) mass is 503 g/mol. The highest BCUT2D eigenvalue weighted by atomic mass is 16.5. The molecular formula is C30H37N3O4. The van der Waals surface area contributed by atoms with Crippen LogP contribution >= 0.6 is 0 Å². The number of allylic oxidation sites excluding steroid dienone is 1. The Morgan fingerprint density at radius 2 is 1.59 bits per heavy atom. The lowest BCUT2D eigenvalue weighted by atomic mass is 9.87. The number of carbonyl (C=O) groups is 3. The van der Waals surface area contributed by atoms with E-state index in [-0.39, 0.29) is 36.6 Å². The summed E-state index contributed by atoms with van der Waals surface area (Å²) in [5.41, 5.74) is 3.30. The van der Waals surface area contributed by atoms with E-state index in [0.717, 1.165) is 29.7 Å². The number of rotatable bonds is 9. The van der Waals surface area contributed by atoms with Crippen LogP contribution in [0.5, 0.6) is 0 Å². The molecule has 4 rings (SSSR count). The van der Waals surface area contributed by atoms with E-state index in [0.29, 0.717) is 38.4 Å². The molecule has 0 radical (unpaired) electrons. The molecule has 3 amide bonds. The molecule has 37 heavy (non-hydrogen) atoms. The Bertz CT molecular complexity index is 1070. The molecule has 0 aliphatic carbocycles. The summed E-state index contributed by atoms with van der Waals surface area (Å²) in [6.45, 7) is 6.60. The number of nitrogens with zero attached hydrogens (tertiary/aromatic N) is 2. The van der Waals surface area contributed by atoms with E-state index in [1.165, 1.54) is 0 Å². The summed E-state index contributed by atoms with van der Waals surface area (Å²) in [7, 11) is 0. The number of unbranched alkanes of at least 4 members (excludes halogenated alkanes) is 1. The fourth-order valence-electron chi connectivity index (χ4n) is 5.08. The summed E-state index contributed by atoms with van der Waals surface area (Å²) in [6, 6.07) is 19.3. The van der Waals surface area contributed by atoms with E-state index in [1.54, 1.807) is 9.80 Å². The number of morpholine rings is 1. The number of nitrogens with one attached hydrogen (secondary N) is 1. The minimum atomic E-state index is -0.576. The Morgan fingerprint density at radius 1 is 1.00 bits per heavy atom. The normalized spacial score (nSPS) is 18.4. The lowest BCUT2D eigenvalue weighted by Gasteiger charge is -2.37. The van der Waals surface area contributed by atoms with E-state index in [1.807, 2.05) is 67.6 Å². The first-order valence-electron chi connectivity index (χ1n) is 13.3. The highest BCUT2D eigenvalue weighted by Gasteiger charge is 2.38. The first-order valence-corrected chi connectivity index (χ1v) is 13.3. The second kappa shape index (κ2) is 12.7. The van der Waals surface area contributed by atoms with E-state index >= 15 is 0 Å². The smallest absolute Gasteiger partial charge is 0.251 e. The quantitative estimate of drug-likeness (QED) is 0.560. The molecule has 7 heteroatoms. The summed E-state index contributed by atoms with van der Waals surface area (Å²) in [5.74, 6) is -0.904. The molecule has 196 valence electrons. The molecule has 2 aromatic rings. The zero-order chi connectivity index (χ0) is 26.2. The van der Waals surface area contributed by atoms with Crippen LogP contribution in [0.15, 0.2) is 71.9 Å². The van der Waals surface area contributed by atoms with Crippen molar-refractivity contribution < 1.29 is 19.1 Å². The standard InChI is InChI=1S/C30H37N3O4/c1-3-4-15-33-22(2)26(30(36)32-16-18-37-19-17-32)20-25(29(33)35)21-27(34)31-28(23-11-7-5-8-12-23)24-13-9-6-10-14-24/h5-14,25,28H,3-4,15-21H2,1-2H3,(H,31,34). The van der Waals surface area contributed by atoms with Crippen LogP contribution in [-0.4, -0.2) is 60.4 Å². The maximum atomic E-state index is 13.5. The molecule has 0 saturated carbocycles. The zero-order valence-corrected chi connectivity index (χ0v) is 21.8. The molecule has 2 heterocycles. The van der Waals surface area contributed by atoms with Crippen LogP contribution in [0, 0.1) is 5.92 Å². The van der Waals surface area contributed by atoms with Crippen molar-refractivity contribution in [1.82, 2.24) is 15.1 Å². The molecule has 2 aliphatic heterocycles. The topological polar surface area (TPSA) is 79.0 Å². The highest BCUT2D eigenvalue weighted by Crippen LogP contribution is 2.32.